The number of allylic oxidation sites excluding steroid dienone is 1. The lowest BCUT2D eigenvalue weighted by Gasteiger charge is -2.24. The standard InChI is InChI=1S/C15H18OS2/c1-16-14-6-5-11-9-13(4-3-12(11)10-14)15-17-7-2-8-18-15/h5-6,10H,2-4,7-9H2,1H3. The molecule has 1 saturated heterocycles. The fourth-order valence-corrected chi connectivity index (χ4v) is 5.27. The van der Waals surface area contributed by atoms with Crippen LogP contribution in [-0.2, 0) is 12.8 Å². The molecule has 3 rings (SSSR count). The van der Waals surface area contributed by atoms with Crippen LogP contribution >= 0.6 is 23.5 Å². The Hall–Kier alpha value is -0.540. The summed E-state index contributed by atoms with van der Waals surface area (Å²) in [5.41, 5.74) is 4.64. The van der Waals surface area contributed by atoms with E-state index in [2.05, 4.69) is 41.7 Å². The average molecular weight is 278 g/mol. The summed E-state index contributed by atoms with van der Waals surface area (Å²) in [7, 11) is 1.74. The van der Waals surface area contributed by atoms with Crippen molar-refractivity contribution in [1.82, 2.24) is 0 Å². The Morgan fingerprint density at radius 3 is 2.67 bits per heavy atom. The van der Waals surface area contributed by atoms with Crippen LogP contribution in [0.15, 0.2) is 28.0 Å². The van der Waals surface area contributed by atoms with E-state index in [1.54, 1.807) is 16.9 Å². The first-order valence-electron chi connectivity index (χ1n) is 6.50. The highest BCUT2D eigenvalue weighted by atomic mass is 32.2. The number of thioether (sulfide) groups is 2. The third kappa shape index (κ3) is 2.57. The summed E-state index contributed by atoms with van der Waals surface area (Å²) >= 11 is 4.14. The van der Waals surface area contributed by atoms with E-state index in [1.165, 1.54) is 41.9 Å². The maximum atomic E-state index is 5.30. The summed E-state index contributed by atoms with van der Waals surface area (Å²) in [6.45, 7) is 0. The Balaban J connectivity index is 1.84. The van der Waals surface area contributed by atoms with Crippen LogP contribution in [0.25, 0.3) is 0 Å². The van der Waals surface area contributed by atoms with E-state index in [-0.39, 0.29) is 0 Å². The molecule has 2 aliphatic rings. The van der Waals surface area contributed by atoms with E-state index in [4.69, 9.17) is 4.74 Å². The van der Waals surface area contributed by atoms with E-state index >= 15 is 0 Å². The molecular weight excluding hydrogens is 260 g/mol. The normalized spacial score (nSPS) is 19.6. The van der Waals surface area contributed by atoms with E-state index in [1.807, 2.05) is 0 Å². The van der Waals surface area contributed by atoms with Crippen molar-refractivity contribution in [1.29, 1.82) is 0 Å². The van der Waals surface area contributed by atoms with Gasteiger partial charge in [0.15, 0.2) is 0 Å². The van der Waals surface area contributed by atoms with E-state index in [9.17, 15) is 0 Å². The molecule has 1 aliphatic carbocycles. The van der Waals surface area contributed by atoms with Gasteiger partial charge in [-0.2, -0.15) is 0 Å². The monoisotopic (exact) mass is 278 g/mol. The van der Waals surface area contributed by atoms with Gasteiger partial charge >= 0.3 is 0 Å². The van der Waals surface area contributed by atoms with Crippen LogP contribution in [0.5, 0.6) is 5.75 Å². The van der Waals surface area contributed by atoms with Crippen LogP contribution in [-0.4, -0.2) is 18.6 Å². The molecule has 1 fully saturated rings. The van der Waals surface area contributed by atoms with Gasteiger partial charge in [0.25, 0.3) is 0 Å². The topological polar surface area (TPSA) is 9.23 Å². The fraction of sp³-hybridized carbons (Fsp3) is 0.467. The number of hydrogen-bond donors (Lipinski definition) is 0. The minimum atomic E-state index is 0.992. The van der Waals surface area contributed by atoms with Gasteiger partial charge in [-0.15, -0.1) is 23.5 Å². The van der Waals surface area contributed by atoms with Crippen molar-refractivity contribution < 1.29 is 4.74 Å². The molecule has 18 heavy (non-hydrogen) atoms. The molecule has 0 aromatic heterocycles. The largest absolute Gasteiger partial charge is 0.497 e. The summed E-state index contributed by atoms with van der Waals surface area (Å²) in [4.78, 5) is 0. The molecule has 0 bridgehead atoms. The van der Waals surface area contributed by atoms with E-state index < -0.39 is 0 Å². The highest BCUT2D eigenvalue weighted by molar-refractivity contribution is 8.22. The van der Waals surface area contributed by atoms with Gasteiger partial charge in [-0.3, -0.25) is 0 Å². The van der Waals surface area contributed by atoms with Crippen LogP contribution in [0.1, 0.15) is 24.0 Å². The number of benzene rings is 1. The van der Waals surface area contributed by atoms with E-state index in [0.717, 1.165) is 12.2 Å². The minimum Gasteiger partial charge on any atom is -0.497 e. The number of methoxy groups -OCH3 is 1. The Bertz CT molecular complexity index is 471. The molecule has 0 unspecified atom stereocenters. The molecule has 3 heteroatoms. The van der Waals surface area contributed by atoms with Crippen molar-refractivity contribution in [3.8, 4) is 5.75 Å². The second kappa shape index (κ2) is 5.62. The van der Waals surface area contributed by atoms with Gasteiger partial charge in [-0.25, -0.2) is 0 Å². The van der Waals surface area contributed by atoms with Gasteiger partial charge in [0.05, 0.1) is 7.11 Å². The number of fused-ring (bicyclic) bond motifs is 1. The highest BCUT2D eigenvalue weighted by Gasteiger charge is 2.19. The molecule has 0 saturated carbocycles. The summed E-state index contributed by atoms with van der Waals surface area (Å²) in [6.07, 6.45) is 4.91. The first-order valence-corrected chi connectivity index (χ1v) is 8.47. The lowest BCUT2D eigenvalue weighted by atomic mass is 9.89. The van der Waals surface area contributed by atoms with Crippen molar-refractivity contribution in [2.45, 2.75) is 25.7 Å². The van der Waals surface area contributed by atoms with Crippen LogP contribution in [0.2, 0.25) is 0 Å². The average Bonchev–Trinajstić information content (AvgIpc) is 2.47. The number of hydrogen-bond acceptors (Lipinski definition) is 3. The molecule has 1 aromatic carbocycles. The first kappa shape index (κ1) is 12.5. The SMILES string of the molecule is COc1ccc2c(c1)CCC(=C1SCCCS1)C2. The summed E-state index contributed by atoms with van der Waals surface area (Å²) in [5.74, 6) is 3.61. The second-order valence-corrected chi connectivity index (χ2v) is 7.22. The molecule has 0 radical (unpaired) electrons. The molecule has 0 N–H and O–H groups in total. The van der Waals surface area contributed by atoms with Crippen LogP contribution in [0.4, 0.5) is 0 Å². The molecule has 1 aliphatic heterocycles. The fourth-order valence-electron chi connectivity index (χ4n) is 2.55. The first-order chi connectivity index (χ1) is 8.86. The van der Waals surface area contributed by atoms with Crippen molar-refractivity contribution in [3.05, 3.63) is 39.1 Å². The number of ether oxygens (including phenoxy) is 1. The zero-order valence-electron chi connectivity index (χ0n) is 10.7. The molecule has 0 atom stereocenters. The van der Waals surface area contributed by atoms with Crippen molar-refractivity contribution in [3.63, 3.8) is 0 Å². The Labute approximate surface area is 117 Å². The Morgan fingerprint density at radius 1 is 1.06 bits per heavy atom. The lowest BCUT2D eigenvalue weighted by molar-refractivity contribution is 0.414. The third-order valence-electron chi connectivity index (χ3n) is 3.56. The Kier molecular flexibility index (Phi) is 3.90. The van der Waals surface area contributed by atoms with Crippen molar-refractivity contribution in [2.75, 3.05) is 18.6 Å². The summed E-state index contributed by atoms with van der Waals surface area (Å²) in [6, 6.07) is 6.54. The third-order valence-corrected chi connectivity index (χ3v) is 6.35. The predicted octanol–water partition coefficient (Wildman–Crippen LogP) is 4.27. The second-order valence-electron chi connectivity index (χ2n) is 4.75. The number of aryl methyl sites for hydroxylation is 1. The lowest BCUT2D eigenvalue weighted by Crippen LogP contribution is -2.08. The van der Waals surface area contributed by atoms with E-state index in [0.29, 0.717) is 0 Å². The molecule has 0 spiro atoms. The van der Waals surface area contributed by atoms with Crippen molar-refractivity contribution >= 4 is 23.5 Å². The molecular formula is C15H18OS2. The Morgan fingerprint density at radius 2 is 1.89 bits per heavy atom. The maximum absolute atomic E-state index is 5.30. The zero-order chi connectivity index (χ0) is 12.4. The molecule has 96 valence electrons. The van der Waals surface area contributed by atoms with Crippen LogP contribution in [0.3, 0.4) is 0 Å². The molecule has 1 nitrogen and oxygen atoms in total. The number of rotatable bonds is 1. The highest BCUT2D eigenvalue weighted by Crippen LogP contribution is 2.41. The van der Waals surface area contributed by atoms with Gasteiger partial charge in [-0.05, 0) is 66.0 Å². The van der Waals surface area contributed by atoms with Gasteiger partial charge in [0, 0.05) is 4.24 Å². The quantitative estimate of drug-likeness (QED) is 0.759. The van der Waals surface area contributed by atoms with Gasteiger partial charge in [0.1, 0.15) is 5.75 Å². The van der Waals surface area contributed by atoms with Gasteiger partial charge < -0.3 is 4.74 Å². The zero-order valence-corrected chi connectivity index (χ0v) is 12.3. The van der Waals surface area contributed by atoms with Gasteiger partial charge in [-0.1, -0.05) is 6.07 Å². The molecule has 1 aromatic rings. The van der Waals surface area contributed by atoms with Gasteiger partial charge in [0.2, 0.25) is 0 Å². The molecule has 0 amide bonds. The smallest absolute Gasteiger partial charge is 0.119 e. The minimum absolute atomic E-state index is 0.992. The molecule has 1 heterocycles. The maximum Gasteiger partial charge on any atom is 0.119 e. The predicted molar refractivity (Wildman–Crippen MR) is 81.6 cm³/mol. The summed E-state index contributed by atoms with van der Waals surface area (Å²) < 4.78 is 6.92. The van der Waals surface area contributed by atoms with Crippen LogP contribution in [0, 0.1) is 0 Å². The van der Waals surface area contributed by atoms with Crippen LogP contribution < -0.4 is 4.74 Å². The summed E-state index contributed by atoms with van der Waals surface area (Å²) in [5, 5.41) is 0. The van der Waals surface area contributed by atoms with Crippen molar-refractivity contribution in [2.24, 2.45) is 0 Å².